The molecule has 0 aliphatic rings. The van der Waals surface area contributed by atoms with Crippen molar-refractivity contribution in [2.75, 3.05) is 39.3 Å². The summed E-state index contributed by atoms with van der Waals surface area (Å²) in [7, 11) is 0. The van der Waals surface area contributed by atoms with E-state index in [1.165, 1.54) is 0 Å². The Kier molecular flexibility index (Phi) is 10.2. The van der Waals surface area contributed by atoms with Crippen molar-refractivity contribution >= 4 is 0 Å². The van der Waals surface area contributed by atoms with Crippen molar-refractivity contribution in [1.29, 1.82) is 0 Å². The maximum atomic E-state index is 9.22. The van der Waals surface area contributed by atoms with Gasteiger partial charge in [0, 0.05) is 45.3 Å². The molecule has 6 N–H and O–H groups in total. The lowest BCUT2D eigenvalue weighted by molar-refractivity contribution is 0.153. The molecule has 2 atom stereocenters. The van der Waals surface area contributed by atoms with E-state index in [9.17, 15) is 5.11 Å². The van der Waals surface area contributed by atoms with Gasteiger partial charge in [-0.1, -0.05) is 0 Å². The van der Waals surface area contributed by atoms with E-state index in [4.69, 9.17) is 5.73 Å². The van der Waals surface area contributed by atoms with Crippen LogP contribution in [0.25, 0.3) is 0 Å². The lowest BCUT2D eigenvalue weighted by Crippen LogP contribution is -2.40. The van der Waals surface area contributed by atoms with Crippen molar-refractivity contribution in [2.24, 2.45) is 5.73 Å². The zero-order chi connectivity index (χ0) is 11.5. The summed E-state index contributed by atoms with van der Waals surface area (Å²) in [5, 5.41) is 18.9. The fourth-order valence-electron chi connectivity index (χ4n) is 1.09. The number of aliphatic hydroxyl groups excluding tert-OH is 1. The van der Waals surface area contributed by atoms with E-state index in [-0.39, 0.29) is 12.1 Å². The second kappa shape index (κ2) is 10.3. The maximum Gasteiger partial charge on any atom is 0.0662 e. The van der Waals surface area contributed by atoms with Crippen LogP contribution < -0.4 is 21.7 Å². The minimum atomic E-state index is -0.295. The Hall–Kier alpha value is -0.200. The van der Waals surface area contributed by atoms with Gasteiger partial charge in [0.1, 0.15) is 0 Å². The molecule has 0 aromatic rings. The van der Waals surface area contributed by atoms with Crippen LogP contribution >= 0.6 is 0 Å². The highest BCUT2D eigenvalue weighted by Gasteiger charge is 2.05. The monoisotopic (exact) mass is 218 g/mol. The molecule has 92 valence electrons. The topological polar surface area (TPSA) is 82.3 Å². The van der Waals surface area contributed by atoms with Gasteiger partial charge in [0.05, 0.1) is 6.10 Å². The van der Waals surface area contributed by atoms with Crippen LogP contribution in [-0.2, 0) is 0 Å². The van der Waals surface area contributed by atoms with Crippen molar-refractivity contribution in [3.63, 3.8) is 0 Å². The van der Waals surface area contributed by atoms with E-state index in [1.54, 1.807) is 6.92 Å². The molecule has 0 aliphatic carbocycles. The molecule has 0 spiro atoms. The third-order valence-electron chi connectivity index (χ3n) is 2.29. The van der Waals surface area contributed by atoms with Gasteiger partial charge in [-0.3, -0.25) is 0 Å². The SMILES string of the molecule is CC(O)C(C)NCCNCCNCCN. The number of aliphatic hydroxyl groups is 1. The largest absolute Gasteiger partial charge is 0.392 e. The number of nitrogens with one attached hydrogen (secondary N) is 3. The molecular formula is C10H26N4O. The lowest BCUT2D eigenvalue weighted by Gasteiger charge is -2.16. The normalized spacial score (nSPS) is 15.2. The van der Waals surface area contributed by atoms with Gasteiger partial charge in [0.15, 0.2) is 0 Å². The van der Waals surface area contributed by atoms with Crippen molar-refractivity contribution in [2.45, 2.75) is 26.0 Å². The lowest BCUT2D eigenvalue weighted by atomic mass is 10.2. The van der Waals surface area contributed by atoms with Gasteiger partial charge >= 0.3 is 0 Å². The van der Waals surface area contributed by atoms with Crippen LogP contribution in [-0.4, -0.2) is 56.5 Å². The first-order chi connectivity index (χ1) is 7.18. The Bertz CT molecular complexity index is 133. The second-order valence-corrected chi connectivity index (χ2v) is 3.77. The standard InChI is InChI=1S/C10H26N4O/c1-9(10(2)15)14-8-7-13-6-5-12-4-3-11/h9-10,12-15H,3-8,11H2,1-2H3. The van der Waals surface area contributed by atoms with E-state index >= 15 is 0 Å². The predicted molar refractivity (Wildman–Crippen MR) is 63.9 cm³/mol. The molecular weight excluding hydrogens is 192 g/mol. The van der Waals surface area contributed by atoms with Crippen molar-refractivity contribution in [1.82, 2.24) is 16.0 Å². The van der Waals surface area contributed by atoms with Crippen LogP contribution in [0, 0.1) is 0 Å². The Morgan fingerprint density at radius 3 is 2.07 bits per heavy atom. The van der Waals surface area contributed by atoms with Crippen LogP contribution in [0.15, 0.2) is 0 Å². The third-order valence-corrected chi connectivity index (χ3v) is 2.29. The molecule has 0 saturated carbocycles. The van der Waals surface area contributed by atoms with Crippen LogP contribution in [0.4, 0.5) is 0 Å². The Morgan fingerprint density at radius 1 is 1.00 bits per heavy atom. The molecule has 5 heteroatoms. The summed E-state index contributed by atoms with van der Waals surface area (Å²) < 4.78 is 0. The summed E-state index contributed by atoms with van der Waals surface area (Å²) >= 11 is 0. The highest BCUT2D eigenvalue weighted by atomic mass is 16.3. The molecule has 5 nitrogen and oxygen atoms in total. The summed E-state index contributed by atoms with van der Waals surface area (Å²) in [5.41, 5.74) is 5.34. The molecule has 2 unspecified atom stereocenters. The summed E-state index contributed by atoms with van der Waals surface area (Å²) in [6.45, 7) is 9.03. The fraction of sp³-hybridized carbons (Fsp3) is 1.00. The van der Waals surface area contributed by atoms with Crippen LogP contribution in [0.3, 0.4) is 0 Å². The minimum absolute atomic E-state index is 0.155. The number of hydrogen-bond acceptors (Lipinski definition) is 5. The molecule has 0 aromatic carbocycles. The van der Waals surface area contributed by atoms with Crippen LogP contribution in [0.2, 0.25) is 0 Å². The third kappa shape index (κ3) is 10.1. The zero-order valence-corrected chi connectivity index (χ0v) is 9.92. The Labute approximate surface area is 92.8 Å². The maximum absolute atomic E-state index is 9.22. The highest BCUT2D eigenvalue weighted by Crippen LogP contribution is 1.88. The molecule has 0 bridgehead atoms. The van der Waals surface area contributed by atoms with E-state index in [1.807, 2.05) is 6.92 Å². The Balaban J connectivity index is 3.05. The fourth-order valence-corrected chi connectivity index (χ4v) is 1.09. The smallest absolute Gasteiger partial charge is 0.0662 e. The zero-order valence-electron chi connectivity index (χ0n) is 9.92. The average Bonchev–Trinajstić information content (AvgIpc) is 2.21. The van der Waals surface area contributed by atoms with Crippen LogP contribution in [0.1, 0.15) is 13.8 Å². The average molecular weight is 218 g/mol. The minimum Gasteiger partial charge on any atom is -0.392 e. The Morgan fingerprint density at radius 2 is 1.53 bits per heavy atom. The van der Waals surface area contributed by atoms with Gasteiger partial charge in [0.25, 0.3) is 0 Å². The van der Waals surface area contributed by atoms with Gasteiger partial charge in [-0.25, -0.2) is 0 Å². The highest BCUT2D eigenvalue weighted by molar-refractivity contribution is 4.66. The number of rotatable bonds is 10. The van der Waals surface area contributed by atoms with Gasteiger partial charge < -0.3 is 26.8 Å². The second-order valence-electron chi connectivity index (χ2n) is 3.77. The first-order valence-corrected chi connectivity index (χ1v) is 5.71. The molecule has 15 heavy (non-hydrogen) atoms. The first-order valence-electron chi connectivity index (χ1n) is 5.71. The molecule has 0 amide bonds. The van der Waals surface area contributed by atoms with Crippen molar-refractivity contribution < 1.29 is 5.11 Å². The molecule has 0 aromatic heterocycles. The first kappa shape index (κ1) is 14.8. The van der Waals surface area contributed by atoms with E-state index in [0.29, 0.717) is 6.54 Å². The van der Waals surface area contributed by atoms with Gasteiger partial charge in [0.2, 0.25) is 0 Å². The van der Waals surface area contributed by atoms with Gasteiger partial charge in [-0.2, -0.15) is 0 Å². The van der Waals surface area contributed by atoms with E-state index in [2.05, 4.69) is 16.0 Å². The molecule has 0 rings (SSSR count). The molecule has 0 saturated heterocycles. The molecule has 0 fully saturated rings. The van der Waals surface area contributed by atoms with Gasteiger partial charge in [-0.05, 0) is 13.8 Å². The predicted octanol–water partition coefficient (Wildman–Crippen LogP) is -1.52. The number of hydrogen-bond donors (Lipinski definition) is 5. The van der Waals surface area contributed by atoms with Crippen molar-refractivity contribution in [3.8, 4) is 0 Å². The molecule has 0 aliphatic heterocycles. The van der Waals surface area contributed by atoms with Crippen LogP contribution in [0.5, 0.6) is 0 Å². The summed E-state index contributed by atoms with van der Waals surface area (Å²) in [6.07, 6.45) is -0.295. The van der Waals surface area contributed by atoms with E-state index in [0.717, 1.165) is 32.7 Å². The summed E-state index contributed by atoms with van der Waals surface area (Å²) in [5.74, 6) is 0. The summed E-state index contributed by atoms with van der Waals surface area (Å²) in [4.78, 5) is 0. The summed E-state index contributed by atoms with van der Waals surface area (Å²) in [6, 6.07) is 0.155. The number of nitrogens with two attached hydrogens (primary N) is 1. The molecule has 0 heterocycles. The van der Waals surface area contributed by atoms with Gasteiger partial charge in [-0.15, -0.1) is 0 Å². The van der Waals surface area contributed by atoms with Crippen molar-refractivity contribution in [3.05, 3.63) is 0 Å². The molecule has 0 radical (unpaired) electrons. The van der Waals surface area contributed by atoms with E-state index < -0.39 is 0 Å². The quantitative estimate of drug-likeness (QED) is 0.288.